The molecule has 7 nitrogen and oxygen atoms in total. The molecule has 1 N–H and O–H groups in total. The molecular weight excluding hydrogens is 372 g/mol. The van der Waals surface area contributed by atoms with Crippen molar-refractivity contribution in [1.29, 1.82) is 0 Å². The topological polar surface area (TPSA) is 78.9 Å². The van der Waals surface area contributed by atoms with Gasteiger partial charge in [0.15, 0.2) is 11.9 Å². The van der Waals surface area contributed by atoms with Gasteiger partial charge in [0.25, 0.3) is 0 Å². The summed E-state index contributed by atoms with van der Waals surface area (Å²) >= 11 is 0. The van der Waals surface area contributed by atoms with Crippen molar-refractivity contribution in [3.05, 3.63) is 30.1 Å². The van der Waals surface area contributed by atoms with Crippen LogP contribution in [0.3, 0.4) is 0 Å². The van der Waals surface area contributed by atoms with Crippen LogP contribution in [-0.2, 0) is 30.6 Å². The molecule has 7 heteroatoms. The lowest BCUT2D eigenvalue weighted by Gasteiger charge is -2.60. The molecule has 158 valence electrons. The van der Waals surface area contributed by atoms with Crippen molar-refractivity contribution in [1.82, 2.24) is 10.3 Å². The molecule has 2 bridgehead atoms. The van der Waals surface area contributed by atoms with Crippen LogP contribution in [0.5, 0.6) is 0 Å². The lowest BCUT2D eigenvalue weighted by atomic mass is 9.57. The molecule has 5 aliphatic rings. The van der Waals surface area contributed by atoms with Crippen LogP contribution in [0.1, 0.15) is 52.1 Å². The summed E-state index contributed by atoms with van der Waals surface area (Å²) in [6.07, 6.45) is 4.40. The first-order valence-electron chi connectivity index (χ1n) is 10.8. The van der Waals surface area contributed by atoms with Gasteiger partial charge in [-0.3, -0.25) is 9.78 Å². The highest BCUT2D eigenvalue weighted by Crippen LogP contribution is 2.60. The van der Waals surface area contributed by atoms with Crippen molar-refractivity contribution in [2.45, 2.75) is 76.8 Å². The van der Waals surface area contributed by atoms with E-state index in [-0.39, 0.29) is 17.7 Å². The highest BCUT2D eigenvalue weighted by Gasteiger charge is 2.69. The van der Waals surface area contributed by atoms with E-state index in [2.05, 4.69) is 24.1 Å². The highest BCUT2D eigenvalue weighted by atomic mass is 17.3. The number of carbonyl (C=O) groups excluding carboxylic acids is 1. The SMILES string of the molecule is C[C@H]1[C@H](C(=O)NCc2ccccn2)O[C@@H]2O[C@@]3(C)CC[C@H]4[C@H](C)CC[C@@H]1[C@@]24OO3. The van der Waals surface area contributed by atoms with Gasteiger partial charge in [-0.05, 0) is 56.1 Å². The third kappa shape index (κ3) is 3.02. The number of hydrogen-bond donors (Lipinski definition) is 1. The summed E-state index contributed by atoms with van der Waals surface area (Å²) in [4.78, 5) is 29.3. The summed E-state index contributed by atoms with van der Waals surface area (Å²) < 4.78 is 12.7. The fraction of sp³-hybridized carbons (Fsp3) is 0.727. The predicted molar refractivity (Wildman–Crippen MR) is 103 cm³/mol. The Hall–Kier alpha value is -1.54. The van der Waals surface area contributed by atoms with Crippen molar-refractivity contribution in [3.8, 4) is 0 Å². The fourth-order valence-electron chi connectivity index (χ4n) is 5.99. The maximum atomic E-state index is 13.1. The average molecular weight is 402 g/mol. The minimum Gasteiger partial charge on any atom is -0.348 e. The van der Waals surface area contributed by atoms with Gasteiger partial charge in [0, 0.05) is 18.5 Å². The van der Waals surface area contributed by atoms with E-state index >= 15 is 0 Å². The Morgan fingerprint density at radius 2 is 2.07 bits per heavy atom. The second-order valence-electron chi connectivity index (χ2n) is 9.36. The van der Waals surface area contributed by atoms with E-state index in [0.29, 0.717) is 18.4 Å². The third-order valence-electron chi connectivity index (χ3n) is 7.59. The number of aromatic nitrogens is 1. The first kappa shape index (κ1) is 19.4. The number of nitrogens with zero attached hydrogens (tertiary/aromatic N) is 1. The van der Waals surface area contributed by atoms with Crippen molar-refractivity contribution in [2.24, 2.45) is 23.7 Å². The summed E-state index contributed by atoms with van der Waals surface area (Å²) in [5.41, 5.74) is 0.187. The molecule has 8 atom stereocenters. The number of hydrogen-bond acceptors (Lipinski definition) is 6. The molecule has 5 heterocycles. The summed E-state index contributed by atoms with van der Waals surface area (Å²) in [5, 5.41) is 2.99. The van der Waals surface area contributed by atoms with Crippen LogP contribution in [0, 0.1) is 23.7 Å². The summed E-state index contributed by atoms with van der Waals surface area (Å²) in [6, 6.07) is 5.67. The number of ether oxygens (including phenoxy) is 2. The van der Waals surface area contributed by atoms with E-state index in [1.807, 2.05) is 25.1 Å². The third-order valence-corrected chi connectivity index (χ3v) is 7.59. The molecule has 0 unspecified atom stereocenters. The number of nitrogens with one attached hydrogen (secondary N) is 1. The van der Waals surface area contributed by atoms with E-state index in [4.69, 9.17) is 19.2 Å². The summed E-state index contributed by atoms with van der Waals surface area (Å²) in [6.45, 7) is 6.65. The Bertz CT molecular complexity index is 776. The highest BCUT2D eigenvalue weighted by molar-refractivity contribution is 5.81. The number of amides is 1. The van der Waals surface area contributed by atoms with Crippen molar-refractivity contribution in [2.75, 3.05) is 0 Å². The number of carbonyl (C=O) groups is 1. The second kappa shape index (κ2) is 7.01. The first-order valence-corrected chi connectivity index (χ1v) is 10.8. The summed E-state index contributed by atoms with van der Waals surface area (Å²) in [7, 11) is 0. The second-order valence-corrected chi connectivity index (χ2v) is 9.36. The van der Waals surface area contributed by atoms with Crippen LogP contribution in [0.25, 0.3) is 0 Å². The molecule has 5 fully saturated rings. The molecule has 1 aliphatic carbocycles. The Morgan fingerprint density at radius 1 is 1.21 bits per heavy atom. The monoisotopic (exact) mass is 402 g/mol. The number of fused-ring (bicyclic) bond motifs is 2. The Labute approximate surface area is 171 Å². The molecule has 29 heavy (non-hydrogen) atoms. The van der Waals surface area contributed by atoms with Crippen LogP contribution < -0.4 is 5.32 Å². The quantitative estimate of drug-likeness (QED) is 0.783. The van der Waals surface area contributed by atoms with Crippen molar-refractivity contribution < 1.29 is 24.0 Å². The zero-order valence-corrected chi connectivity index (χ0v) is 17.3. The van der Waals surface area contributed by atoms with E-state index in [9.17, 15) is 4.79 Å². The lowest BCUT2D eigenvalue weighted by molar-refractivity contribution is -0.569. The van der Waals surface area contributed by atoms with Crippen LogP contribution in [0.15, 0.2) is 24.4 Å². The Balaban J connectivity index is 1.40. The Kier molecular flexibility index (Phi) is 4.70. The maximum Gasteiger partial charge on any atom is 0.249 e. The van der Waals surface area contributed by atoms with E-state index in [1.54, 1.807) is 6.20 Å². The molecule has 4 saturated heterocycles. The van der Waals surface area contributed by atoms with Gasteiger partial charge in [0.2, 0.25) is 11.7 Å². The molecule has 0 aromatic carbocycles. The van der Waals surface area contributed by atoms with Crippen LogP contribution in [-0.4, -0.2) is 34.7 Å². The van der Waals surface area contributed by atoms with Gasteiger partial charge in [0.1, 0.15) is 6.10 Å². The molecule has 1 amide bonds. The average Bonchev–Trinajstić information content (AvgIpc) is 2.95. The first-order chi connectivity index (χ1) is 13.9. The zero-order chi connectivity index (χ0) is 20.2. The van der Waals surface area contributed by atoms with Gasteiger partial charge in [-0.1, -0.05) is 19.9 Å². The number of pyridine rings is 1. The van der Waals surface area contributed by atoms with Crippen molar-refractivity contribution >= 4 is 5.91 Å². The minimum absolute atomic E-state index is 0.000335. The van der Waals surface area contributed by atoms with E-state index in [1.165, 1.54) is 0 Å². The predicted octanol–water partition coefficient (Wildman–Crippen LogP) is 2.95. The molecule has 4 aliphatic heterocycles. The Morgan fingerprint density at radius 3 is 2.86 bits per heavy atom. The lowest BCUT2D eigenvalue weighted by Crippen LogP contribution is -2.71. The van der Waals surface area contributed by atoms with Gasteiger partial charge < -0.3 is 14.8 Å². The molecule has 1 spiro atoms. The smallest absolute Gasteiger partial charge is 0.249 e. The number of rotatable bonds is 3. The van der Waals surface area contributed by atoms with E-state index < -0.39 is 23.8 Å². The molecular formula is C22H30N2O5. The normalized spacial score (nSPS) is 45.9. The molecule has 1 saturated carbocycles. The largest absolute Gasteiger partial charge is 0.348 e. The van der Waals surface area contributed by atoms with E-state index in [0.717, 1.165) is 31.4 Å². The summed E-state index contributed by atoms with van der Waals surface area (Å²) in [5.74, 6) is 0.00758. The van der Waals surface area contributed by atoms with Gasteiger partial charge in [-0.25, -0.2) is 9.78 Å². The molecule has 0 radical (unpaired) electrons. The van der Waals surface area contributed by atoms with Crippen LogP contribution in [0.2, 0.25) is 0 Å². The standard InChI is InChI=1S/C22H30N2O5/c1-13-7-8-17-14(2)18(19(25)24-12-15-6-4-5-11-23-15)26-20-22(17)16(13)9-10-21(3,27-20)28-29-22/h4-6,11,13-14,16-18,20H,7-10,12H2,1-3H3,(H,24,25)/t13-,14-,16+,17+,18-,20-,21-,22-/m1/s1. The van der Waals surface area contributed by atoms with Crippen LogP contribution >= 0.6 is 0 Å². The van der Waals surface area contributed by atoms with Gasteiger partial charge in [0.05, 0.1) is 12.2 Å². The van der Waals surface area contributed by atoms with Crippen LogP contribution in [0.4, 0.5) is 0 Å². The maximum absolute atomic E-state index is 13.1. The van der Waals surface area contributed by atoms with Gasteiger partial charge in [-0.15, -0.1) is 0 Å². The zero-order valence-electron chi connectivity index (χ0n) is 17.3. The molecule has 1 aromatic heterocycles. The fourth-order valence-corrected chi connectivity index (χ4v) is 5.99. The van der Waals surface area contributed by atoms with Gasteiger partial charge in [-0.2, -0.15) is 0 Å². The van der Waals surface area contributed by atoms with Crippen molar-refractivity contribution in [3.63, 3.8) is 0 Å². The molecule has 1 aromatic rings. The van der Waals surface area contributed by atoms with Gasteiger partial charge >= 0.3 is 0 Å². The molecule has 6 rings (SSSR count). The minimum atomic E-state index is -0.826.